The smallest absolute Gasteiger partial charge is 0.258 e. The second kappa shape index (κ2) is 5.72. The first-order valence-electron chi connectivity index (χ1n) is 7.59. The van der Waals surface area contributed by atoms with Gasteiger partial charge in [0.25, 0.3) is 5.91 Å². The minimum atomic E-state index is -0.274. The van der Waals surface area contributed by atoms with Crippen molar-refractivity contribution >= 4 is 11.6 Å². The summed E-state index contributed by atoms with van der Waals surface area (Å²) in [7, 11) is 0. The first-order chi connectivity index (χ1) is 10.6. The maximum absolute atomic E-state index is 12.9. The van der Waals surface area contributed by atoms with Crippen molar-refractivity contribution in [3.05, 3.63) is 59.7 Å². The van der Waals surface area contributed by atoms with Crippen LogP contribution >= 0.6 is 0 Å². The number of hydrogen-bond acceptors (Lipinski definition) is 3. The summed E-state index contributed by atoms with van der Waals surface area (Å²) in [5.41, 5.74) is 2.41. The molecule has 0 saturated carbocycles. The van der Waals surface area contributed by atoms with Crippen LogP contribution in [0.1, 0.15) is 42.4 Å². The third kappa shape index (κ3) is 2.41. The number of nitrogens with one attached hydrogen (secondary N) is 1. The molecule has 22 heavy (non-hydrogen) atoms. The zero-order valence-electron chi connectivity index (χ0n) is 12.8. The summed E-state index contributed by atoms with van der Waals surface area (Å²) < 4.78 is 0. The van der Waals surface area contributed by atoms with Crippen LogP contribution in [0.3, 0.4) is 0 Å². The first kappa shape index (κ1) is 14.4. The molecule has 4 nitrogen and oxygen atoms in total. The number of carbonyl (C=O) groups is 1. The average molecular weight is 296 g/mol. The van der Waals surface area contributed by atoms with E-state index in [0.717, 1.165) is 17.7 Å². The van der Waals surface area contributed by atoms with Gasteiger partial charge in [-0.05, 0) is 43.2 Å². The number of nitrogens with zero attached hydrogens (tertiary/aromatic N) is 1. The topological polar surface area (TPSA) is 52.6 Å². The summed E-state index contributed by atoms with van der Waals surface area (Å²) in [5.74, 6) is 0.228. The number of benzene rings is 2. The van der Waals surface area contributed by atoms with E-state index in [2.05, 4.69) is 12.2 Å². The van der Waals surface area contributed by atoms with E-state index >= 15 is 0 Å². The van der Waals surface area contributed by atoms with E-state index in [1.165, 1.54) is 0 Å². The lowest BCUT2D eigenvalue weighted by Crippen LogP contribution is -2.47. The molecule has 0 radical (unpaired) electrons. The average Bonchev–Trinajstić information content (AvgIpc) is 2.54. The minimum absolute atomic E-state index is 0.0250. The molecule has 114 valence electrons. The van der Waals surface area contributed by atoms with Crippen LogP contribution in [0, 0.1) is 0 Å². The summed E-state index contributed by atoms with van der Waals surface area (Å²) in [6, 6.07) is 14.7. The molecule has 1 aliphatic rings. The Kier molecular flexibility index (Phi) is 3.75. The van der Waals surface area contributed by atoms with Crippen molar-refractivity contribution in [3.63, 3.8) is 0 Å². The number of hydrogen-bond donors (Lipinski definition) is 2. The number of fused-ring (bicyclic) bond motifs is 1. The number of phenolic OH excluding ortho intramolecular Hbond substituents is 1. The lowest BCUT2D eigenvalue weighted by Gasteiger charge is -2.41. The predicted octanol–water partition coefficient (Wildman–Crippen LogP) is 3.76. The number of rotatable bonds is 3. The molecule has 0 spiro atoms. The van der Waals surface area contributed by atoms with E-state index in [1.807, 2.05) is 42.2 Å². The largest absolute Gasteiger partial charge is 0.508 e. The molecule has 4 heteroatoms. The van der Waals surface area contributed by atoms with E-state index < -0.39 is 0 Å². The van der Waals surface area contributed by atoms with Crippen LogP contribution in [-0.2, 0) is 0 Å². The monoisotopic (exact) mass is 296 g/mol. The van der Waals surface area contributed by atoms with Gasteiger partial charge >= 0.3 is 0 Å². The Morgan fingerprint density at radius 1 is 1.23 bits per heavy atom. The van der Waals surface area contributed by atoms with Crippen LogP contribution in [0.4, 0.5) is 5.69 Å². The molecule has 1 amide bonds. The summed E-state index contributed by atoms with van der Waals surface area (Å²) in [5, 5.41) is 13.2. The van der Waals surface area contributed by atoms with Crippen LogP contribution in [0.5, 0.6) is 5.75 Å². The third-order valence-corrected chi connectivity index (χ3v) is 4.21. The number of anilines is 1. The molecule has 0 bridgehead atoms. The fraction of sp³-hybridized carbons (Fsp3) is 0.278. The second-order valence-corrected chi connectivity index (χ2v) is 5.66. The number of amides is 1. The highest BCUT2D eigenvalue weighted by Gasteiger charge is 2.35. The number of carbonyl (C=O) groups excluding carboxylic acids is 1. The maximum Gasteiger partial charge on any atom is 0.258 e. The van der Waals surface area contributed by atoms with Crippen molar-refractivity contribution in [2.24, 2.45) is 0 Å². The lowest BCUT2D eigenvalue weighted by molar-refractivity contribution is 0.0593. The zero-order valence-corrected chi connectivity index (χ0v) is 12.8. The minimum Gasteiger partial charge on any atom is -0.508 e. The standard InChI is InChI=1S/C18H20N2O2/c1-3-12(2)20-17(13-7-6-8-14(21)11-13)19-16-10-5-4-9-15(16)18(20)22/h4-12,17,19,21H,3H2,1-2H3/t12-,17+/m0/s1. The van der Waals surface area contributed by atoms with E-state index in [0.29, 0.717) is 5.56 Å². The summed E-state index contributed by atoms with van der Waals surface area (Å²) in [6.07, 6.45) is 0.592. The molecule has 0 fully saturated rings. The SMILES string of the molecule is CC[C@H](C)N1C(=O)c2ccccc2N[C@H]1c1cccc(O)c1. The molecule has 1 aliphatic heterocycles. The van der Waals surface area contributed by atoms with Gasteiger partial charge in [-0.25, -0.2) is 0 Å². The molecule has 2 N–H and O–H groups in total. The quantitative estimate of drug-likeness (QED) is 0.906. The van der Waals surface area contributed by atoms with Gasteiger partial charge in [0.1, 0.15) is 11.9 Å². The van der Waals surface area contributed by atoms with Gasteiger partial charge in [0.15, 0.2) is 0 Å². The Labute approximate surface area is 130 Å². The Morgan fingerprint density at radius 3 is 2.73 bits per heavy atom. The van der Waals surface area contributed by atoms with Gasteiger partial charge in [-0.2, -0.15) is 0 Å². The van der Waals surface area contributed by atoms with Crippen molar-refractivity contribution in [2.45, 2.75) is 32.5 Å². The van der Waals surface area contributed by atoms with Gasteiger partial charge in [0.05, 0.1) is 5.56 Å². The predicted molar refractivity (Wildman–Crippen MR) is 86.8 cm³/mol. The zero-order chi connectivity index (χ0) is 15.7. The molecule has 0 unspecified atom stereocenters. The van der Waals surface area contributed by atoms with Crippen LogP contribution in [0.2, 0.25) is 0 Å². The van der Waals surface area contributed by atoms with E-state index in [-0.39, 0.29) is 23.9 Å². The van der Waals surface area contributed by atoms with Crippen molar-refractivity contribution in [1.29, 1.82) is 0 Å². The van der Waals surface area contributed by atoms with Crippen LogP contribution in [0.25, 0.3) is 0 Å². The van der Waals surface area contributed by atoms with Crippen molar-refractivity contribution in [2.75, 3.05) is 5.32 Å². The third-order valence-electron chi connectivity index (χ3n) is 4.21. The highest BCUT2D eigenvalue weighted by molar-refractivity contribution is 6.01. The van der Waals surface area contributed by atoms with Gasteiger partial charge in [0, 0.05) is 11.7 Å². The molecule has 2 atom stereocenters. The van der Waals surface area contributed by atoms with Crippen molar-refractivity contribution in [3.8, 4) is 5.75 Å². The van der Waals surface area contributed by atoms with Gasteiger partial charge in [-0.3, -0.25) is 4.79 Å². The molecule has 1 heterocycles. The Balaban J connectivity index is 2.09. The molecule has 0 aliphatic carbocycles. The van der Waals surface area contributed by atoms with E-state index in [9.17, 15) is 9.90 Å². The highest BCUT2D eigenvalue weighted by Crippen LogP contribution is 2.35. The lowest BCUT2D eigenvalue weighted by atomic mass is 10.0. The van der Waals surface area contributed by atoms with Gasteiger partial charge in [-0.1, -0.05) is 31.2 Å². The summed E-state index contributed by atoms with van der Waals surface area (Å²) in [6.45, 7) is 4.11. The Hall–Kier alpha value is -2.49. The van der Waals surface area contributed by atoms with Gasteiger partial charge < -0.3 is 15.3 Å². The van der Waals surface area contributed by atoms with E-state index in [4.69, 9.17) is 0 Å². The number of para-hydroxylation sites is 1. The highest BCUT2D eigenvalue weighted by atomic mass is 16.3. The molecule has 3 rings (SSSR count). The Bertz CT molecular complexity index is 699. The second-order valence-electron chi connectivity index (χ2n) is 5.66. The first-order valence-corrected chi connectivity index (χ1v) is 7.59. The molecule has 2 aromatic rings. The van der Waals surface area contributed by atoms with Crippen LogP contribution in [0.15, 0.2) is 48.5 Å². The summed E-state index contributed by atoms with van der Waals surface area (Å²) >= 11 is 0. The van der Waals surface area contributed by atoms with Gasteiger partial charge in [0.2, 0.25) is 0 Å². The molecular weight excluding hydrogens is 276 g/mol. The van der Waals surface area contributed by atoms with Crippen LogP contribution < -0.4 is 5.32 Å². The molecule has 0 aromatic heterocycles. The molecule has 0 saturated heterocycles. The van der Waals surface area contributed by atoms with Crippen molar-refractivity contribution in [1.82, 2.24) is 4.90 Å². The normalized spacial score (nSPS) is 18.5. The molecular formula is C18H20N2O2. The van der Waals surface area contributed by atoms with E-state index in [1.54, 1.807) is 18.2 Å². The Morgan fingerprint density at radius 2 is 2.00 bits per heavy atom. The fourth-order valence-corrected chi connectivity index (χ4v) is 2.86. The van der Waals surface area contributed by atoms with Gasteiger partial charge in [-0.15, -0.1) is 0 Å². The van der Waals surface area contributed by atoms with Crippen LogP contribution in [-0.4, -0.2) is 22.0 Å². The molecule has 2 aromatic carbocycles. The maximum atomic E-state index is 12.9. The summed E-state index contributed by atoms with van der Waals surface area (Å²) in [4.78, 5) is 14.8. The number of phenols is 1. The number of aromatic hydroxyl groups is 1. The van der Waals surface area contributed by atoms with Crippen molar-refractivity contribution < 1.29 is 9.90 Å². The fourth-order valence-electron chi connectivity index (χ4n) is 2.86.